The number of nitrogens with zero attached hydrogens (tertiary/aromatic N) is 1. The number of alkyl halides is 3. The molecule has 2 rings (SSSR count). The maximum absolute atomic E-state index is 12.6. The average Bonchev–Trinajstić information content (AvgIpc) is 2.71. The molecule has 0 heterocycles. The predicted molar refractivity (Wildman–Crippen MR) is 112 cm³/mol. The van der Waals surface area contributed by atoms with Crippen molar-refractivity contribution in [3.63, 3.8) is 0 Å². The summed E-state index contributed by atoms with van der Waals surface area (Å²) in [6, 6.07) is 13.9. The minimum Gasteiger partial charge on any atom is -0.405 e. The Labute approximate surface area is 174 Å². The van der Waals surface area contributed by atoms with Gasteiger partial charge in [0.15, 0.2) is 5.96 Å². The van der Waals surface area contributed by atoms with E-state index < -0.39 is 6.36 Å². The third-order valence-electron chi connectivity index (χ3n) is 4.00. The molecule has 164 valence electrons. The van der Waals surface area contributed by atoms with Gasteiger partial charge >= 0.3 is 6.36 Å². The van der Waals surface area contributed by atoms with Crippen LogP contribution in [0.4, 0.5) is 18.9 Å². The van der Waals surface area contributed by atoms with E-state index in [0.717, 1.165) is 17.8 Å². The van der Waals surface area contributed by atoms with E-state index >= 15 is 0 Å². The fraction of sp³-hybridized carbons (Fsp3) is 0.381. The van der Waals surface area contributed by atoms with Gasteiger partial charge in [0.25, 0.3) is 0 Å². The highest BCUT2D eigenvalue weighted by molar-refractivity contribution is 5.79. The monoisotopic (exact) mass is 424 g/mol. The standard InChI is InChI=1S/C21H27F3N4O2/c1-3-25-20(27-14-16-8-10-18(11-9-16)26-12-13-29-2)28-15-17-6-4-5-7-19(17)30-21(22,23)24/h4-11,26H,3,12-15H2,1-2H3,(H2,25,27,28). The summed E-state index contributed by atoms with van der Waals surface area (Å²) in [5, 5.41) is 9.37. The SMILES string of the molecule is CCNC(=NCc1ccc(NCCOC)cc1)NCc1ccccc1OC(F)(F)F. The highest BCUT2D eigenvalue weighted by atomic mass is 19.4. The lowest BCUT2D eigenvalue weighted by Gasteiger charge is -2.15. The number of hydrogen-bond donors (Lipinski definition) is 3. The van der Waals surface area contributed by atoms with Crippen molar-refractivity contribution < 1.29 is 22.6 Å². The number of methoxy groups -OCH3 is 1. The number of aliphatic imine (C=N–C) groups is 1. The Bertz CT molecular complexity index is 796. The molecule has 0 bridgehead atoms. The number of anilines is 1. The molecule has 0 unspecified atom stereocenters. The molecule has 0 aromatic heterocycles. The number of hydrogen-bond acceptors (Lipinski definition) is 4. The lowest BCUT2D eigenvalue weighted by atomic mass is 10.2. The van der Waals surface area contributed by atoms with Gasteiger partial charge < -0.3 is 25.4 Å². The summed E-state index contributed by atoms with van der Waals surface area (Å²) in [5.74, 6) is 0.270. The number of guanidine groups is 1. The maximum Gasteiger partial charge on any atom is 0.573 e. The molecule has 0 saturated heterocycles. The van der Waals surface area contributed by atoms with Crippen LogP contribution in [0.3, 0.4) is 0 Å². The molecule has 3 N–H and O–H groups in total. The Morgan fingerprint density at radius 2 is 1.77 bits per heavy atom. The van der Waals surface area contributed by atoms with Crippen LogP contribution in [0.25, 0.3) is 0 Å². The fourth-order valence-electron chi connectivity index (χ4n) is 2.59. The molecule has 9 heteroatoms. The first-order valence-corrected chi connectivity index (χ1v) is 9.59. The summed E-state index contributed by atoms with van der Waals surface area (Å²) in [7, 11) is 1.65. The van der Waals surface area contributed by atoms with Crippen molar-refractivity contribution in [2.75, 3.05) is 32.1 Å². The lowest BCUT2D eigenvalue weighted by molar-refractivity contribution is -0.274. The van der Waals surface area contributed by atoms with Crippen molar-refractivity contribution in [1.29, 1.82) is 0 Å². The van der Waals surface area contributed by atoms with Gasteiger partial charge in [-0.15, -0.1) is 13.2 Å². The van der Waals surface area contributed by atoms with Gasteiger partial charge in [-0.3, -0.25) is 0 Å². The van der Waals surface area contributed by atoms with Gasteiger partial charge in [-0.25, -0.2) is 4.99 Å². The van der Waals surface area contributed by atoms with Gasteiger partial charge in [0.2, 0.25) is 0 Å². The zero-order valence-corrected chi connectivity index (χ0v) is 17.1. The summed E-state index contributed by atoms with van der Waals surface area (Å²) in [5.41, 5.74) is 2.38. The van der Waals surface area contributed by atoms with E-state index in [0.29, 0.717) is 31.2 Å². The molecule has 2 aromatic carbocycles. The van der Waals surface area contributed by atoms with Crippen molar-refractivity contribution in [2.45, 2.75) is 26.4 Å². The second-order valence-corrected chi connectivity index (χ2v) is 6.32. The van der Waals surface area contributed by atoms with E-state index in [2.05, 4.69) is 25.7 Å². The normalized spacial score (nSPS) is 11.8. The van der Waals surface area contributed by atoms with E-state index in [4.69, 9.17) is 4.74 Å². The molecule has 0 spiro atoms. The van der Waals surface area contributed by atoms with Gasteiger partial charge in [0.05, 0.1) is 13.2 Å². The van der Waals surface area contributed by atoms with Crippen LogP contribution < -0.4 is 20.7 Å². The summed E-state index contributed by atoms with van der Waals surface area (Å²) in [6.07, 6.45) is -4.74. The number of halogens is 3. The fourth-order valence-corrected chi connectivity index (χ4v) is 2.59. The second-order valence-electron chi connectivity index (χ2n) is 6.32. The number of nitrogens with one attached hydrogen (secondary N) is 3. The first kappa shape index (κ1) is 23.3. The van der Waals surface area contributed by atoms with Crippen LogP contribution in [0.2, 0.25) is 0 Å². The summed E-state index contributed by atoms with van der Waals surface area (Å²) >= 11 is 0. The number of benzene rings is 2. The van der Waals surface area contributed by atoms with Crippen LogP contribution in [-0.2, 0) is 17.8 Å². The highest BCUT2D eigenvalue weighted by Crippen LogP contribution is 2.26. The first-order valence-electron chi connectivity index (χ1n) is 9.59. The van der Waals surface area contributed by atoms with Crippen molar-refractivity contribution in [2.24, 2.45) is 4.99 Å². The van der Waals surface area contributed by atoms with Crippen molar-refractivity contribution >= 4 is 11.6 Å². The van der Waals surface area contributed by atoms with E-state index in [-0.39, 0.29) is 12.3 Å². The number of para-hydroxylation sites is 1. The smallest absolute Gasteiger partial charge is 0.405 e. The Morgan fingerprint density at radius 3 is 2.43 bits per heavy atom. The molecule has 0 atom stereocenters. The molecular formula is C21H27F3N4O2. The molecule has 0 aliphatic carbocycles. The Balaban J connectivity index is 1.97. The molecule has 0 amide bonds. The highest BCUT2D eigenvalue weighted by Gasteiger charge is 2.31. The molecular weight excluding hydrogens is 397 g/mol. The van der Waals surface area contributed by atoms with Crippen LogP contribution in [0.5, 0.6) is 5.75 Å². The minimum atomic E-state index is -4.74. The minimum absolute atomic E-state index is 0.139. The van der Waals surface area contributed by atoms with Gasteiger partial charge in [0, 0.05) is 38.0 Å². The Kier molecular flexibility index (Phi) is 9.27. The van der Waals surface area contributed by atoms with Gasteiger partial charge in [-0.1, -0.05) is 30.3 Å². The van der Waals surface area contributed by atoms with Gasteiger partial charge in [-0.2, -0.15) is 0 Å². The summed E-state index contributed by atoms with van der Waals surface area (Å²) in [6.45, 7) is 4.45. The number of rotatable bonds is 10. The van der Waals surface area contributed by atoms with Gasteiger partial charge in [0.1, 0.15) is 5.75 Å². The topological polar surface area (TPSA) is 66.9 Å². The zero-order chi connectivity index (χ0) is 21.8. The van der Waals surface area contributed by atoms with Crippen LogP contribution >= 0.6 is 0 Å². The van der Waals surface area contributed by atoms with Crippen molar-refractivity contribution in [1.82, 2.24) is 10.6 Å². The third kappa shape index (κ3) is 8.60. The lowest BCUT2D eigenvalue weighted by Crippen LogP contribution is -2.37. The average molecular weight is 424 g/mol. The Morgan fingerprint density at radius 1 is 1.03 bits per heavy atom. The van der Waals surface area contributed by atoms with E-state index in [1.54, 1.807) is 19.2 Å². The van der Waals surface area contributed by atoms with E-state index in [9.17, 15) is 13.2 Å². The molecule has 0 aliphatic rings. The van der Waals surface area contributed by atoms with Gasteiger partial charge in [-0.05, 0) is 30.7 Å². The first-order chi connectivity index (χ1) is 14.4. The molecule has 0 radical (unpaired) electrons. The van der Waals surface area contributed by atoms with Crippen LogP contribution in [0, 0.1) is 0 Å². The molecule has 0 fully saturated rings. The van der Waals surface area contributed by atoms with Crippen LogP contribution in [-0.4, -0.2) is 39.1 Å². The molecule has 2 aromatic rings. The second kappa shape index (κ2) is 11.9. The largest absolute Gasteiger partial charge is 0.573 e. The van der Waals surface area contributed by atoms with Crippen LogP contribution in [0.1, 0.15) is 18.1 Å². The summed E-state index contributed by atoms with van der Waals surface area (Å²) < 4.78 is 46.8. The molecule has 0 saturated carbocycles. The zero-order valence-electron chi connectivity index (χ0n) is 17.1. The summed E-state index contributed by atoms with van der Waals surface area (Å²) in [4.78, 5) is 4.50. The molecule has 0 aliphatic heterocycles. The Hall–Kier alpha value is -2.94. The quantitative estimate of drug-likeness (QED) is 0.307. The van der Waals surface area contributed by atoms with E-state index in [1.807, 2.05) is 31.2 Å². The maximum atomic E-state index is 12.6. The van der Waals surface area contributed by atoms with E-state index in [1.165, 1.54) is 12.1 Å². The predicted octanol–water partition coefficient (Wildman–Crippen LogP) is 3.90. The third-order valence-corrected chi connectivity index (χ3v) is 4.00. The molecule has 6 nitrogen and oxygen atoms in total. The molecule has 30 heavy (non-hydrogen) atoms. The van der Waals surface area contributed by atoms with Crippen molar-refractivity contribution in [3.8, 4) is 5.75 Å². The number of ether oxygens (including phenoxy) is 2. The van der Waals surface area contributed by atoms with Crippen molar-refractivity contribution in [3.05, 3.63) is 59.7 Å². The van der Waals surface area contributed by atoms with Crippen LogP contribution in [0.15, 0.2) is 53.5 Å².